The summed E-state index contributed by atoms with van der Waals surface area (Å²) in [6.07, 6.45) is 1.65. The molecule has 1 N–H and O–H groups in total. The standard InChI is InChI=1S/C22H17Cl2N3O3/c1-30-14-8-6-13(7-9-14)11-27-12-25-17-10-16(19(21(23)24)26-22(17)27)20(29)15-4-2-3-5-18(15)28/h2-10,12,21,28H,11H2,1H3. The van der Waals surface area contributed by atoms with Crippen molar-refractivity contribution in [2.45, 2.75) is 11.4 Å². The van der Waals surface area contributed by atoms with Crippen molar-refractivity contribution in [3.8, 4) is 11.5 Å². The first-order chi connectivity index (χ1) is 14.5. The second kappa shape index (κ2) is 8.34. The molecule has 0 spiro atoms. The van der Waals surface area contributed by atoms with Gasteiger partial charge in [-0.2, -0.15) is 0 Å². The number of ketones is 1. The number of alkyl halides is 2. The molecule has 0 atom stereocenters. The van der Waals surface area contributed by atoms with E-state index < -0.39 is 10.6 Å². The lowest BCUT2D eigenvalue weighted by Gasteiger charge is -2.11. The molecule has 0 fully saturated rings. The van der Waals surface area contributed by atoms with Crippen LogP contribution in [0.3, 0.4) is 0 Å². The number of nitrogens with zero attached hydrogens (tertiary/aromatic N) is 3. The number of methoxy groups -OCH3 is 1. The van der Waals surface area contributed by atoms with Gasteiger partial charge in [0.1, 0.15) is 21.9 Å². The highest BCUT2D eigenvalue weighted by Gasteiger charge is 2.23. The Morgan fingerprint density at radius 3 is 2.53 bits per heavy atom. The lowest BCUT2D eigenvalue weighted by atomic mass is 10.0. The average Bonchev–Trinajstić information content (AvgIpc) is 3.15. The highest BCUT2D eigenvalue weighted by molar-refractivity contribution is 6.44. The number of ether oxygens (including phenoxy) is 1. The van der Waals surface area contributed by atoms with E-state index in [2.05, 4.69) is 9.97 Å². The molecule has 2 heterocycles. The number of para-hydroxylation sites is 1. The van der Waals surface area contributed by atoms with Crippen LogP contribution in [0.15, 0.2) is 60.9 Å². The number of fused-ring (bicyclic) bond motifs is 1. The van der Waals surface area contributed by atoms with Crippen LogP contribution in [0, 0.1) is 0 Å². The van der Waals surface area contributed by atoms with Crippen molar-refractivity contribution in [3.63, 3.8) is 0 Å². The Morgan fingerprint density at radius 2 is 1.87 bits per heavy atom. The Kier molecular flexibility index (Phi) is 5.61. The van der Waals surface area contributed by atoms with E-state index in [-0.39, 0.29) is 22.6 Å². The molecule has 152 valence electrons. The van der Waals surface area contributed by atoms with Gasteiger partial charge in [0, 0.05) is 5.56 Å². The van der Waals surface area contributed by atoms with Gasteiger partial charge in [-0.1, -0.05) is 47.5 Å². The number of aromatic hydroxyl groups is 1. The Bertz CT molecular complexity index is 1220. The van der Waals surface area contributed by atoms with Gasteiger partial charge in [0.05, 0.1) is 31.2 Å². The lowest BCUT2D eigenvalue weighted by Crippen LogP contribution is -2.09. The van der Waals surface area contributed by atoms with Gasteiger partial charge in [-0.3, -0.25) is 4.79 Å². The second-order valence-corrected chi connectivity index (χ2v) is 7.73. The van der Waals surface area contributed by atoms with Crippen LogP contribution in [0.1, 0.15) is 32.0 Å². The summed E-state index contributed by atoms with van der Waals surface area (Å²) < 4.78 is 7.04. The van der Waals surface area contributed by atoms with E-state index >= 15 is 0 Å². The number of phenolic OH excluding ortho intramolecular Hbond substituents is 1. The minimum absolute atomic E-state index is 0.126. The average molecular weight is 442 g/mol. The van der Waals surface area contributed by atoms with Crippen LogP contribution in [-0.2, 0) is 6.54 Å². The van der Waals surface area contributed by atoms with Crippen LogP contribution in [0.25, 0.3) is 11.2 Å². The fourth-order valence-electron chi connectivity index (χ4n) is 3.20. The van der Waals surface area contributed by atoms with Crippen molar-refractivity contribution in [2.75, 3.05) is 7.11 Å². The monoisotopic (exact) mass is 441 g/mol. The van der Waals surface area contributed by atoms with Crippen LogP contribution in [0.4, 0.5) is 0 Å². The number of hydrogen-bond donors (Lipinski definition) is 1. The van der Waals surface area contributed by atoms with Gasteiger partial charge in [0.2, 0.25) is 0 Å². The minimum Gasteiger partial charge on any atom is -0.507 e. The maximum absolute atomic E-state index is 13.0. The number of pyridine rings is 1. The first-order valence-corrected chi connectivity index (χ1v) is 9.94. The molecule has 0 aliphatic rings. The third-order valence-electron chi connectivity index (χ3n) is 4.73. The van der Waals surface area contributed by atoms with Crippen molar-refractivity contribution in [1.29, 1.82) is 0 Å². The summed E-state index contributed by atoms with van der Waals surface area (Å²) in [7, 11) is 1.62. The van der Waals surface area contributed by atoms with Crippen LogP contribution >= 0.6 is 23.2 Å². The summed E-state index contributed by atoms with van der Waals surface area (Å²) in [5.41, 5.74) is 2.68. The maximum Gasteiger partial charge on any atom is 0.198 e. The molecule has 0 saturated carbocycles. The Morgan fingerprint density at radius 1 is 1.13 bits per heavy atom. The number of imidazole rings is 1. The van der Waals surface area contributed by atoms with Crippen molar-refractivity contribution in [3.05, 3.63) is 83.3 Å². The van der Waals surface area contributed by atoms with Gasteiger partial charge in [0.15, 0.2) is 11.4 Å². The second-order valence-electron chi connectivity index (χ2n) is 6.63. The van der Waals surface area contributed by atoms with Crippen molar-refractivity contribution < 1.29 is 14.6 Å². The molecule has 6 nitrogen and oxygen atoms in total. The first-order valence-electron chi connectivity index (χ1n) is 9.07. The molecule has 0 aliphatic carbocycles. The largest absolute Gasteiger partial charge is 0.507 e. The number of carbonyl (C=O) groups is 1. The molecule has 0 amide bonds. The van der Waals surface area contributed by atoms with Gasteiger partial charge in [-0.05, 0) is 35.9 Å². The Hall–Kier alpha value is -3.09. The number of hydrogen-bond acceptors (Lipinski definition) is 5. The van der Waals surface area contributed by atoms with E-state index in [1.165, 1.54) is 12.1 Å². The fourth-order valence-corrected chi connectivity index (χ4v) is 3.53. The number of carbonyl (C=O) groups excluding carboxylic acids is 1. The van der Waals surface area contributed by atoms with E-state index in [9.17, 15) is 9.90 Å². The van der Waals surface area contributed by atoms with E-state index in [1.54, 1.807) is 31.6 Å². The fraction of sp³-hybridized carbons (Fsp3) is 0.136. The molecule has 0 unspecified atom stereocenters. The summed E-state index contributed by atoms with van der Waals surface area (Å²) in [6, 6.07) is 15.6. The number of rotatable bonds is 6. The predicted octanol–water partition coefficient (Wildman–Crippen LogP) is 4.90. The predicted molar refractivity (Wildman–Crippen MR) is 116 cm³/mol. The topological polar surface area (TPSA) is 77.2 Å². The molecule has 0 bridgehead atoms. The molecule has 2 aromatic heterocycles. The van der Waals surface area contributed by atoms with Gasteiger partial charge in [-0.15, -0.1) is 0 Å². The summed E-state index contributed by atoms with van der Waals surface area (Å²) in [6.45, 7) is 0.523. The molecule has 30 heavy (non-hydrogen) atoms. The van der Waals surface area contributed by atoms with Gasteiger partial charge >= 0.3 is 0 Å². The highest BCUT2D eigenvalue weighted by atomic mass is 35.5. The minimum atomic E-state index is -1.02. The van der Waals surface area contributed by atoms with Gasteiger partial charge < -0.3 is 14.4 Å². The smallest absolute Gasteiger partial charge is 0.198 e. The Labute approximate surface area is 182 Å². The van der Waals surface area contributed by atoms with Crippen LogP contribution in [0.5, 0.6) is 11.5 Å². The zero-order valence-electron chi connectivity index (χ0n) is 15.9. The van der Waals surface area contributed by atoms with E-state index in [4.69, 9.17) is 27.9 Å². The molecule has 2 aromatic carbocycles. The maximum atomic E-state index is 13.0. The third-order valence-corrected chi connectivity index (χ3v) is 5.15. The van der Waals surface area contributed by atoms with Gasteiger partial charge in [-0.25, -0.2) is 9.97 Å². The lowest BCUT2D eigenvalue weighted by molar-refractivity contribution is 0.103. The molecule has 4 aromatic rings. The van der Waals surface area contributed by atoms with E-state index in [0.717, 1.165) is 11.3 Å². The SMILES string of the molecule is COc1ccc(Cn2cnc3cc(C(=O)c4ccccc4O)c(C(Cl)Cl)nc32)cc1. The third kappa shape index (κ3) is 3.84. The van der Waals surface area contributed by atoms with Gasteiger partial charge in [0.25, 0.3) is 0 Å². The zero-order valence-corrected chi connectivity index (χ0v) is 17.4. The van der Waals surface area contributed by atoms with Crippen molar-refractivity contribution in [2.24, 2.45) is 0 Å². The molecule has 0 aliphatic heterocycles. The van der Waals surface area contributed by atoms with Crippen LogP contribution in [-0.4, -0.2) is 32.5 Å². The normalized spacial score (nSPS) is 11.2. The molecule has 0 saturated heterocycles. The summed E-state index contributed by atoms with van der Waals surface area (Å²) in [5.74, 6) is 0.224. The molecule has 8 heteroatoms. The van der Waals surface area contributed by atoms with Crippen LogP contribution < -0.4 is 4.74 Å². The molecular weight excluding hydrogens is 425 g/mol. The van der Waals surface area contributed by atoms with Crippen LogP contribution in [0.2, 0.25) is 0 Å². The van der Waals surface area contributed by atoms with Crippen molar-refractivity contribution >= 4 is 40.1 Å². The highest BCUT2D eigenvalue weighted by Crippen LogP contribution is 2.31. The van der Waals surface area contributed by atoms with E-state index in [0.29, 0.717) is 17.7 Å². The quantitative estimate of drug-likeness (QED) is 0.340. The summed E-state index contributed by atoms with van der Waals surface area (Å²) in [4.78, 5) is 20.9. The molecule has 4 rings (SSSR count). The van der Waals surface area contributed by atoms with E-state index in [1.807, 2.05) is 28.8 Å². The first kappa shape index (κ1) is 20.2. The molecule has 0 radical (unpaired) electrons. The number of aromatic nitrogens is 3. The zero-order chi connectivity index (χ0) is 21.3. The Balaban J connectivity index is 1.76. The number of halogens is 2. The summed E-state index contributed by atoms with van der Waals surface area (Å²) >= 11 is 12.3. The summed E-state index contributed by atoms with van der Waals surface area (Å²) in [5, 5.41) is 10.1. The molecular formula is C22H17Cl2N3O3. The number of benzene rings is 2. The van der Waals surface area contributed by atoms with Crippen molar-refractivity contribution in [1.82, 2.24) is 14.5 Å². The number of phenols is 1.